The van der Waals surface area contributed by atoms with Crippen LogP contribution in [0.2, 0.25) is 0 Å². The summed E-state index contributed by atoms with van der Waals surface area (Å²) in [5.41, 5.74) is -0.684. The molecule has 0 aliphatic rings. The molecule has 112 valence electrons. The van der Waals surface area contributed by atoms with Gasteiger partial charge >= 0.3 is 12.1 Å². The Morgan fingerprint density at radius 1 is 1.30 bits per heavy atom. The Kier molecular flexibility index (Phi) is 5.56. The number of hydrogen-bond donors (Lipinski definition) is 2. The minimum Gasteiger partial charge on any atom is -0.480 e. The van der Waals surface area contributed by atoms with E-state index in [0.717, 1.165) is 6.07 Å². The molecule has 0 heterocycles. The van der Waals surface area contributed by atoms with Crippen LogP contribution < -0.4 is 5.32 Å². The molecule has 20 heavy (non-hydrogen) atoms. The molecule has 0 aromatic heterocycles. The van der Waals surface area contributed by atoms with Crippen molar-refractivity contribution in [3.8, 4) is 0 Å². The maximum Gasteiger partial charge on any atom is 0.416 e. The summed E-state index contributed by atoms with van der Waals surface area (Å²) in [6, 6.07) is 4.31. The molecule has 3 nitrogen and oxygen atoms in total. The van der Waals surface area contributed by atoms with Crippen molar-refractivity contribution in [2.24, 2.45) is 5.92 Å². The van der Waals surface area contributed by atoms with E-state index >= 15 is 0 Å². The molecule has 0 amide bonds. The van der Waals surface area contributed by atoms with Gasteiger partial charge in [0, 0.05) is 6.54 Å². The number of rotatable bonds is 6. The highest BCUT2D eigenvalue weighted by Crippen LogP contribution is 2.31. The smallest absolute Gasteiger partial charge is 0.416 e. The van der Waals surface area contributed by atoms with Crippen molar-refractivity contribution >= 4 is 5.97 Å². The Bertz CT molecular complexity index is 458. The molecular formula is C14H18F3NO2. The van der Waals surface area contributed by atoms with E-state index in [1.807, 2.05) is 13.8 Å². The first kappa shape index (κ1) is 16.5. The van der Waals surface area contributed by atoms with E-state index in [9.17, 15) is 18.0 Å². The number of alkyl halides is 3. The van der Waals surface area contributed by atoms with Crippen molar-refractivity contribution in [1.29, 1.82) is 0 Å². The highest BCUT2D eigenvalue weighted by molar-refractivity contribution is 5.73. The lowest BCUT2D eigenvalue weighted by Crippen LogP contribution is -2.37. The van der Waals surface area contributed by atoms with Crippen LogP contribution in [-0.2, 0) is 17.5 Å². The summed E-state index contributed by atoms with van der Waals surface area (Å²) in [4.78, 5) is 11.1. The summed E-state index contributed by atoms with van der Waals surface area (Å²) >= 11 is 0. The van der Waals surface area contributed by atoms with Gasteiger partial charge in [-0.15, -0.1) is 0 Å². The Morgan fingerprint density at radius 3 is 2.40 bits per heavy atom. The molecule has 0 bridgehead atoms. The van der Waals surface area contributed by atoms with Gasteiger partial charge < -0.3 is 10.4 Å². The minimum absolute atomic E-state index is 0.0509. The van der Waals surface area contributed by atoms with Crippen LogP contribution in [0, 0.1) is 5.92 Å². The van der Waals surface area contributed by atoms with Crippen LogP contribution in [0.15, 0.2) is 24.3 Å². The number of hydrogen-bond acceptors (Lipinski definition) is 2. The summed E-state index contributed by atoms with van der Waals surface area (Å²) < 4.78 is 38.4. The van der Waals surface area contributed by atoms with Gasteiger partial charge in [0.25, 0.3) is 0 Å². The lowest BCUT2D eigenvalue weighted by Gasteiger charge is -2.18. The quantitative estimate of drug-likeness (QED) is 0.845. The van der Waals surface area contributed by atoms with Gasteiger partial charge in [-0.1, -0.05) is 32.0 Å². The number of carboxylic acids is 1. The van der Waals surface area contributed by atoms with Crippen LogP contribution in [-0.4, -0.2) is 17.1 Å². The van der Waals surface area contributed by atoms with Crippen molar-refractivity contribution in [2.45, 2.75) is 39.0 Å². The summed E-state index contributed by atoms with van der Waals surface area (Å²) in [6.07, 6.45) is -4.07. The molecular weight excluding hydrogens is 271 g/mol. The normalized spacial score (nSPS) is 13.5. The van der Waals surface area contributed by atoms with E-state index in [4.69, 9.17) is 5.11 Å². The van der Waals surface area contributed by atoms with E-state index in [-0.39, 0.29) is 18.0 Å². The third-order valence-corrected chi connectivity index (χ3v) is 2.87. The average molecular weight is 289 g/mol. The molecule has 1 atom stereocenters. The lowest BCUT2D eigenvalue weighted by atomic mass is 10.0. The lowest BCUT2D eigenvalue weighted by molar-refractivity contribution is -0.140. The van der Waals surface area contributed by atoms with Crippen molar-refractivity contribution in [3.05, 3.63) is 35.4 Å². The van der Waals surface area contributed by atoms with Gasteiger partial charge in [0.15, 0.2) is 0 Å². The number of carbonyl (C=O) groups is 1. The second kappa shape index (κ2) is 6.74. The molecule has 0 fully saturated rings. The van der Waals surface area contributed by atoms with E-state index in [1.165, 1.54) is 18.2 Å². The zero-order valence-electron chi connectivity index (χ0n) is 11.4. The maximum atomic E-state index is 12.8. The third-order valence-electron chi connectivity index (χ3n) is 2.87. The highest BCUT2D eigenvalue weighted by Gasteiger charge is 2.33. The van der Waals surface area contributed by atoms with E-state index in [0.29, 0.717) is 6.42 Å². The standard InChI is InChI=1S/C14H18F3NO2/c1-9(2)7-12(13(19)20)18-8-10-5-3-4-6-11(10)14(15,16)17/h3-6,9,12,18H,7-8H2,1-2H3,(H,19,20)/t12-/m1/s1. The van der Waals surface area contributed by atoms with Gasteiger partial charge in [0.2, 0.25) is 0 Å². The molecule has 1 aromatic rings. The zero-order chi connectivity index (χ0) is 15.3. The number of carboxylic acid groups (broad SMARTS) is 1. The SMILES string of the molecule is CC(C)C[C@@H](NCc1ccccc1C(F)(F)F)C(=O)O. The molecule has 1 rings (SSSR count). The molecule has 2 N–H and O–H groups in total. The first-order valence-corrected chi connectivity index (χ1v) is 6.33. The summed E-state index contributed by atoms with van der Waals surface area (Å²) in [5, 5.41) is 11.7. The summed E-state index contributed by atoms with van der Waals surface area (Å²) in [6.45, 7) is 3.60. The van der Waals surface area contributed by atoms with Gasteiger partial charge in [0.05, 0.1) is 5.56 Å². The number of benzene rings is 1. The van der Waals surface area contributed by atoms with Gasteiger partial charge in [-0.05, 0) is 24.0 Å². The van der Waals surface area contributed by atoms with Crippen molar-refractivity contribution in [3.63, 3.8) is 0 Å². The Labute approximate surface area is 115 Å². The van der Waals surface area contributed by atoms with E-state index in [2.05, 4.69) is 5.32 Å². The summed E-state index contributed by atoms with van der Waals surface area (Å²) in [7, 11) is 0. The predicted octanol–water partition coefficient (Wildman–Crippen LogP) is 3.29. The summed E-state index contributed by atoms with van der Waals surface area (Å²) in [5.74, 6) is -0.912. The first-order chi connectivity index (χ1) is 9.21. The fourth-order valence-electron chi connectivity index (χ4n) is 1.93. The Balaban J connectivity index is 2.81. The maximum absolute atomic E-state index is 12.8. The van der Waals surface area contributed by atoms with Crippen LogP contribution in [0.4, 0.5) is 13.2 Å². The fraction of sp³-hybridized carbons (Fsp3) is 0.500. The largest absolute Gasteiger partial charge is 0.480 e. The van der Waals surface area contributed by atoms with E-state index < -0.39 is 23.8 Å². The molecule has 0 saturated heterocycles. The molecule has 0 aliphatic carbocycles. The van der Waals surface area contributed by atoms with Crippen LogP contribution in [0.3, 0.4) is 0 Å². The molecule has 0 saturated carbocycles. The zero-order valence-corrected chi connectivity index (χ0v) is 11.4. The fourth-order valence-corrected chi connectivity index (χ4v) is 1.93. The molecule has 1 aromatic carbocycles. The topological polar surface area (TPSA) is 49.3 Å². The molecule has 0 spiro atoms. The number of nitrogens with one attached hydrogen (secondary N) is 1. The van der Waals surface area contributed by atoms with Crippen LogP contribution >= 0.6 is 0 Å². The predicted molar refractivity (Wildman–Crippen MR) is 69.2 cm³/mol. The average Bonchev–Trinajstić information content (AvgIpc) is 2.33. The molecule has 6 heteroatoms. The van der Waals surface area contributed by atoms with Crippen LogP contribution in [0.1, 0.15) is 31.4 Å². The first-order valence-electron chi connectivity index (χ1n) is 6.33. The highest BCUT2D eigenvalue weighted by atomic mass is 19.4. The van der Waals surface area contributed by atoms with Crippen molar-refractivity contribution in [1.82, 2.24) is 5.32 Å². The number of aliphatic carboxylic acids is 1. The van der Waals surface area contributed by atoms with Gasteiger partial charge in [-0.25, -0.2) is 0 Å². The monoisotopic (exact) mass is 289 g/mol. The second-order valence-electron chi connectivity index (χ2n) is 5.06. The van der Waals surface area contributed by atoms with Gasteiger partial charge in [-0.2, -0.15) is 13.2 Å². The van der Waals surface area contributed by atoms with Gasteiger partial charge in [0.1, 0.15) is 6.04 Å². The third kappa shape index (κ3) is 4.85. The Morgan fingerprint density at radius 2 is 1.90 bits per heavy atom. The van der Waals surface area contributed by atoms with Crippen LogP contribution in [0.5, 0.6) is 0 Å². The molecule has 0 unspecified atom stereocenters. The minimum atomic E-state index is -4.44. The number of halogens is 3. The molecule has 0 radical (unpaired) electrons. The van der Waals surface area contributed by atoms with Crippen LogP contribution in [0.25, 0.3) is 0 Å². The Hall–Kier alpha value is -1.56. The van der Waals surface area contributed by atoms with E-state index in [1.54, 1.807) is 0 Å². The van der Waals surface area contributed by atoms with Gasteiger partial charge in [-0.3, -0.25) is 4.79 Å². The van der Waals surface area contributed by atoms with Crippen molar-refractivity contribution < 1.29 is 23.1 Å². The van der Waals surface area contributed by atoms with Crippen molar-refractivity contribution in [2.75, 3.05) is 0 Å². The second-order valence-corrected chi connectivity index (χ2v) is 5.06. The molecule has 0 aliphatic heterocycles.